The molecule has 1 saturated heterocycles. The number of hydrogen-bond donors (Lipinski definition) is 1. The van der Waals surface area contributed by atoms with Gasteiger partial charge in [0.25, 0.3) is 5.91 Å². The van der Waals surface area contributed by atoms with Crippen molar-refractivity contribution in [2.75, 3.05) is 26.7 Å². The van der Waals surface area contributed by atoms with E-state index in [0.717, 1.165) is 38.2 Å². The van der Waals surface area contributed by atoms with Gasteiger partial charge in [-0.05, 0) is 50.3 Å². The van der Waals surface area contributed by atoms with Gasteiger partial charge < -0.3 is 10.2 Å². The lowest BCUT2D eigenvalue weighted by Gasteiger charge is -2.27. The first kappa shape index (κ1) is 12.4. The van der Waals surface area contributed by atoms with Crippen LogP contribution in [0.1, 0.15) is 28.2 Å². The van der Waals surface area contributed by atoms with Gasteiger partial charge in [-0.15, -0.1) is 5.10 Å². The van der Waals surface area contributed by atoms with E-state index >= 15 is 0 Å². The van der Waals surface area contributed by atoms with Crippen LogP contribution in [0.15, 0.2) is 0 Å². The maximum absolute atomic E-state index is 12.1. The molecule has 0 radical (unpaired) electrons. The molecular formula is C11H18N4OS. The summed E-state index contributed by atoms with van der Waals surface area (Å²) >= 11 is 1.18. The fraction of sp³-hybridized carbons (Fsp3) is 0.727. The number of aromatic nitrogens is 2. The minimum absolute atomic E-state index is 0.0519. The van der Waals surface area contributed by atoms with Crippen molar-refractivity contribution in [1.29, 1.82) is 0 Å². The summed E-state index contributed by atoms with van der Waals surface area (Å²) in [7, 11) is 1.86. The zero-order valence-corrected chi connectivity index (χ0v) is 11.1. The summed E-state index contributed by atoms with van der Waals surface area (Å²) < 4.78 is 3.81. The first-order chi connectivity index (χ1) is 8.18. The van der Waals surface area contributed by atoms with Crippen LogP contribution in [0.5, 0.6) is 0 Å². The van der Waals surface area contributed by atoms with Crippen molar-refractivity contribution in [2.45, 2.75) is 19.8 Å². The monoisotopic (exact) mass is 254 g/mol. The van der Waals surface area contributed by atoms with Crippen molar-refractivity contribution in [2.24, 2.45) is 5.92 Å². The predicted octanol–water partition coefficient (Wildman–Crippen LogP) is 0.918. The summed E-state index contributed by atoms with van der Waals surface area (Å²) in [4.78, 5) is 14.6. The van der Waals surface area contributed by atoms with Crippen LogP contribution in [-0.4, -0.2) is 47.1 Å². The van der Waals surface area contributed by atoms with Gasteiger partial charge in [0.05, 0.1) is 5.69 Å². The molecule has 2 rings (SSSR count). The van der Waals surface area contributed by atoms with Crippen LogP contribution in [0.4, 0.5) is 0 Å². The Morgan fingerprint density at radius 1 is 1.53 bits per heavy atom. The number of carbonyl (C=O) groups is 1. The normalized spacial score (nSPS) is 17.1. The second-order valence-electron chi connectivity index (χ2n) is 4.57. The zero-order valence-electron chi connectivity index (χ0n) is 10.3. The van der Waals surface area contributed by atoms with Gasteiger partial charge in [0, 0.05) is 13.6 Å². The molecule has 1 fully saturated rings. The fourth-order valence-electron chi connectivity index (χ4n) is 2.14. The van der Waals surface area contributed by atoms with Crippen LogP contribution in [0, 0.1) is 12.8 Å². The molecule has 0 atom stereocenters. The van der Waals surface area contributed by atoms with E-state index in [-0.39, 0.29) is 5.91 Å². The number of rotatable bonds is 3. The van der Waals surface area contributed by atoms with Crippen molar-refractivity contribution in [3.63, 3.8) is 0 Å². The lowest BCUT2D eigenvalue weighted by molar-refractivity contribution is 0.0766. The van der Waals surface area contributed by atoms with Gasteiger partial charge in [0.15, 0.2) is 0 Å². The summed E-state index contributed by atoms with van der Waals surface area (Å²) in [6.07, 6.45) is 2.30. The highest BCUT2D eigenvalue weighted by atomic mass is 32.1. The van der Waals surface area contributed by atoms with E-state index in [9.17, 15) is 4.79 Å². The first-order valence-corrected chi connectivity index (χ1v) is 6.71. The Balaban J connectivity index is 1.93. The molecule has 0 spiro atoms. The van der Waals surface area contributed by atoms with E-state index in [4.69, 9.17) is 0 Å². The molecule has 1 aromatic rings. The molecule has 0 aliphatic carbocycles. The molecule has 94 valence electrons. The van der Waals surface area contributed by atoms with Gasteiger partial charge in [-0.25, -0.2) is 0 Å². The Hall–Kier alpha value is -1.01. The van der Waals surface area contributed by atoms with Crippen molar-refractivity contribution in [3.8, 4) is 0 Å². The highest BCUT2D eigenvalue weighted by molar-refractivity contribution is 7.07. The molecule has 5 nitrogen and oxygen atoms in total. The van der Waals surface area contributed by atoms with Gasteiger partial charge in [-0.3, -0.25) is 4.79 Å². The van der Waals surface area contributed by atoms with Crippen LogP contribution in [-0.2, 0) is 0 Å². The Labute approximate surface area is 105 Å². The third-order valence-electron chi connectivity index (χ3n) is 3.18. The van der Waals surface area contributed by atoms with Crippen LogP contribution >= 0.6 is 11.5 Å². The quantitative estimate of drug-likeness (QED) is 0.871. The Morgan fingerprint density at radius 3 is 2.82 bits per heavy atom. The summed E-state index contributed by atoms with van der Waals surface area (Å²) in [6.45, 7) is 4.79. The number of piperidine rings is 1. The molecule has 1 N–H and O–H groups in total. The number of aryl methyl sites for hydroxylation is 1. The van der Waals surface area contributed by atoms with E-state index < -0.39 is 0 Å². The zero-order chi connectivity index (χ0) is 12.3. The molecule has 1 amide bonds. The molecule has 1 aromatic heterocycles. The third kappa shape index (κ3) is 3.01. The number of nitrogens with zero attached hydrogens (tertiary/aromatic N) is 3. The van der Waals surface area contributed by atoms with Crippen molar-refractivity contribution >= 4 is 17.4 Å². The molecule has 0 bridgehead atoms. The molecular weight excluding hydrogens is 236 g/mol. The van der Waals surface area contributed by atoms with Crippen molar-refractivity contribution in [3.05, 3.63) is 10.6 Å². The Kier molecular flexibility index (Phi) is 4.06. The van der Waals surface area contributed by atoms with Gasteiger partial charge >= 0.3 is 0 Å². The third-order valence-corrected chi connectivity index (χ3v) is 4.00. The molecule has 6 heteroatoms. The van der Waals surface area contributed by atoms with Gasteiger partial charge in [0.2, 0.25) is 0 Å². The average molecular weight is 254 g/mol. The number of nitrogens with one attached hydrogen (secondary N) is 1. The molecule has 0 aromatic carbocycles. The first-order valence-electron chi connectivity index (χ1n) is 5.93. The number of hydrogen-bond acceptors (Lipinski definition) is 5. The smallest absolute Gasteiger partial charge is 0.267 e. The number of amides is 1. The number of carbonyl (C=O) groups excluding carboxylic acids is 1. The predicted molar refractivity (Wildman–Crippen MR) is 67.2 cm³/mol. The molecule has 1 aliphatic heterocycles. The molecule has 0 saturated carbocycles. The molecule has 2 heterocycles. The van der Waals surface area contributed by atoms with E-state index in [1.54, 1.807) is 4.90 Å². The molecule has 17 heavy (non-hydrogen) atoms. The molecule has 0 unspecified atom stereocenters. The lowest BCUT2D eigenvalue weighted by atomic mass is 9.97. The Bertz CT molecular complexity index is 387. The maximum Gasteiger partial charge on any atom is 0.267 e. The SMILES string of the molecule is Cc1nnsc1C(=O)N(C)CC1CCNCC1. The van der Waals surface area contributed by atoms with E-state index in [2.05, 4.69) is 14.9 Å². The standard InChI is InChI=1S/C11H18N4OS/c1-8-10(17-14-13-8)11(16)15(2)7-9-3-5-12-6-4-9/h9,12H,3-7H2,1-2H3. The maximum atomic E-state index is 12.1. The minimum Gasteiger partial charge on any atom is -0.341 e. The summed E-state index contributed by atoms with van der Waals surface area (Å²) in [5.41, 5.74) is 0.733. The van der Waals surface area contributed by atoms with Crippen molar-refractivity contribution in [1.82, 2.24) is 19.8 Å². The van der Waals surface area contributed by atoms with E-state index in [1.165, 1.54) is 11.5 Å². The van der Waals surface area contributed by atoms with Crippen LogP contribution < -0.4 is 5.32 Å². The minimum atomic E-state index is 0.0519. The summed E-state index contributed by atoms with van der Waals surface area (Å²) in [5, 5.41) is 7.21. The highest BCUT2D eigenvalue weighted by Crippen LogP contribution is 2.16. The van der Waals surface area contributed by atoms with Crippen LogP contribution in [0.25, 0.3) is 0 Å². The second kappa shape index (κ2) is 5.55. The highest BCUT2D eigenvalue weighted by Gasteiger charge is 2.21. The largest absolute Gasteiger partial charge is 0.341 e. The van der Waals surface area contributed by atoms with Gasteiger partial charge in [-0.2, -0.15) is 0 Å². The lowest BCUT2D eigenvalue weighted by Crippen LogP contribution is -2.37. The van der Waals surface area contributed by atoms with E-state index in [1.807, 2.05) is 14.0 Å². The molecule has 1 aliphatic rings. The Morgan fingerprint density at radius 2 is 2.24 bits per heavy atom. The van der Waals surface area contributed by atoms with Crippen molar-refractivity contribution < 1.29 is 4.79 Å². The summed E-state index contributed by atoms with van der Waals surface area (Å²) in [6, 6.07) is 0. The van der Waals surface area contributed by atoms with Crippen LogP contribution in [0.3, 0.4) is 0 Å². The van der Waals surface area contributed by atoms with Gasteiger partial charge in [0.1, 0.15) is 4.88 Å². The van der Waals surface area contributed by atoms with Gasteiger partial charge in [-0.1, -0.05) is 4.49 Å². The topological polar surface area (TPSA) is 58.1 Å². The summed E-state index contributed by atoms with van der Waals surface area (Å²) in [5.74, 6) is 0.669. The fourth-order valence-corrected chi connectivity index (χ4v) is 2.79. The second-order valence-corrected chi connectivity index (χ2v) is 5.32. The average Bonchev–Trinajstić information content (AvgIpc) is 2.76. The van der Waals surface area contributed by atoms with Crippen LogP contribution in [0.2, 0.25) is 0 Å². The van der Waals surface area contributed by atoms with E-state index in [0.29, 0.717) is 10.8 Å².